The molecule has 51 heavy (non-hydrogen) atoms. The molecule has 0 spiro atoms. The fourth-order valence-corrected chi connectivity index (χ4v) is 8.49. The van der Waals surface area contributed by atoms with Gasteiger partial charge in [0.2, 0.25) is 0 Å². The van der Waals surface area contributed by atoms with Crippen molar-refractivity contribution in [3.63, 3.8) is 0 Å². The van der Waals surface area contributed by atoms with Crippen LogP contribution in [0.2, 0.25) is 0 Å². The Kier molecular flexibility index (Phi) is 6.56. The molecule has 242 valence electrons. The predicted molar refractivity (Wildman–Crippen MR) is 214 cm³/mol. The largest absolute Gasteiger partial charge is 0.456 e. The second kappa shape index (κ2) is 11.3. The number of rotatable bonds is 5. The second-order valence-corrected chi connectivity index (χ2v) is 14.1. The van der Waals surface area contributed by atoms with Gasteiger partial charge in [0.15, 0.2) is 0 Å². The average Bonchev–Trinajstić information content (AvgIpc) is 3.67. The quantitative estimate of drug-likeness (QED) is 0.184. The number of hydrogen-bond donors (Lipinski definition) is 0. The molecule has 0 amide bonds. The van der Waals surface area contributed by atoms with E-state index < -0.39 is 0 Å². The molecule has 0 N–H and O–H groups in total. The topological polar surface area (TPSA) is 16.4 Å². The van der Waals surface area contributed by atoms with Crippen LogP contribution in [-0.4, -0.2) is 0 Å². The van der Waals surface area contributed by atoms with E-state index in [2.05, 4.69) is 189 Å². The van der Waals surface area contributed by atoms with Gasteiger partial charge in [-0.25, -0.2) is 0 Å². The van der Waals surface area contributed by atoms with Crippen LogP contribution in [0.25, 0.3) is 66.1 Å². The zero-order valence-electron chi connectivity index (χ0n) is 28.6. The van der Waals surface area contributed by atoms with E-state index in [1.165, 1.54) is 55.4 Å². The van der Waals surface area contributed by atoms with Crippen LogP contribution >= 0.6 is 0 Å². The Labute approximate surface area is 297 Å². The summed E-state index contributed by atoms with van der Waals surface area (Å²) in [5.41, 5.74) is 15.2. The molecule has 10 rings (SSSR count). The number of fused-ring (bicyclic) bond motifs is 7. The monoisotopic (exact) mass is 653 g/mol. The summed E-state index contributed by atoms with van der Waals surface area (Å²) >= 11 is 0. The molecule has 0 unspecified atom stereocenters. The van der Waals surface area contributed by atoms with Crippen molar-refractivity contribution >= 4 is 49.8 Å². The van der Waals surface area contributed by atoms with Gasteiger partial charge in [-0.05, 0) is 75.0 Å². The Morgan fingerprint density at radius 2 is 1.10 bits per heavy atom. The maximum Gasteiger partial charge on any atom is 0.136 e. The van der Waals surface area contributed by atoms with Crippen molar-refractivity contribution in [1.29, 1.82) is 0 Å². The van der Waals surface area contributed by atoms with Crippen LogP contribution in [-0.2, 0) is 5.41 Å². The number of nitrogens with zero attached hydrogens (tertiary/aromatic N) is 1. The molecule has 0 saturated carbocycles. The fraction of sp³-hybridized carbons (Fsp3) is 0.0612. The van der Waals surface area contributed by atoms with Crippen LogP contribution in [0.4, 0.5) is 17.1 Å². The first-order valence-electron chi connectivity index (χ1n) is 17.7. The maximum atomic E-state index is 6.44. The van der Waals surface area contributed by atoms with E-state index in [9.17, 15) is 0 Å². The molecule has 0 atom stereocenters. The first-order valence-corrected chi connectivity index (χ1v) is 17.7. The van der Waals surface area contributed by atoms with Crippen LogP contribution in [0.1, 0.15) is 25.0 Å². The van der Waals surface area contributed by atoms with E-state index in [-0.39, 0.29) is 5.41 Å². The van der Waals surface area contributed by atoms with E-state index in [0.717, 1.165) is 38.9 Å². The van der Waals surface area contributed by atoms with Crippen molar-refractivity contribution in [2.45, 2.75) is 19.3 Å². The Morgan fingerprint density at radius 3 is 1.94 bits per heavy atom. The third kappa shape index (κ3) is 4.50. The lowest BCUT2D eigenvalue weighted by molar-refractivity contribution is 0.660. The first kappa shape index (κ1) is 29.5. The molecule has 1 heterocycles. The molecule has 8 aromatic carbocycles. The average molecular weight is 654 g/mol. The minimum Gasteiger partial charge on any atom is -0.456 e. The molecule has 1 aromatic heterocycles. The lowest BCUT2D eigenvalue weighted by Gasteiger charge is -2.30. The van der Waals surface area contributed by atoms with E-state index in [1.807, 2.05) is 6.07 Å². The van der Waals surface area contributed by atoms with Gasteiger partial charge in [-0.3, -0.25) is 0 Å². The van der Waals surface area contributed by atoms with Gasteiger partial charge in [0, 0.05) is 38.6 Å². The summed E-state index contributed by atoms with van der Waals surface area (Å²) < 4.78 is 6.44. The van der Waals surface area contributed by atoms with Crippen LogP contribution in [0.3, 0.4) is 0 Å². The molecule has 0 bridgehead atoms. The van der Waals surface area contributed by atoms with Crippen LogP contribution in [0.15, 0.2) is 180 Å². The third-order valence-electron chi connectivity index (χ3n) is 10.9. The Morgan fingerprint density at radius 1 is 0.451 bits per heavy atom. The molecule has 2 nitrogen and oxygen atoms in total. The van der Waals surface area contributed by atoms with Crippen molar-refractivity contribution in [3.05, 3.63) is 187 Å². The van der Waals surface area contributed by atoms with Gasteiger partial charge in [-0.2, -0.15) is 0 Å². The number of hydrogen-bond acceptors (Lipinski definition) is 2. The summed E-state index contributed by atoms with van der Waals surface area (Å²) in [4.78, 5) is 2.47. The summed E-state index contributed by atoms with van der Waals surface area (Å²) in [5, 5.41) is 4.68. The zero-order chi connectivity index (χ0) is 34.1. The van der Waals surface area contributed by atoms with Crippen LogP contribution < -0.4 is 4.90 Å². The predicted octanol–water partition coefficient (Wildman–Crippen LogP) is 13.8. The highest BCUT2D eigenvalue weighted by molar-refractivity contribution is 6.20. The molecule has 0 radical (unpaired) electrons. The van der Waals surface area contributed by atoms with Crippen LogP contribution in [0, 0.1) is 0 Å². The minimum atomic E-state index is -0.108. The number of para-hydroxylation sites is 2. The first-order chi connectivity index (χ1) is 25.1. The fourth-order valence-electron chi connectivity index (χ4n) is 8.49. The highest BCUT2D eigenvalue weighted by Crippen LogP contribution is 2.55. The van der Waals surface area contributed by atoms with Gasteiger partial charge in [0.1, 0.15) is 11.2 Å². The smallest absolute Gasteiger partial charge is 0.136 e. The van der Waals surface area contributed by atoms with E-state index >= 15 is 0 Å². The molecule has 0 aliphatic heterocycles. The number of furan rings is 1. The van der Waals surface area contributed by atoms with Crippen LogP contribution in [0.5, 0.6) is 0 Å². The van der Waals surface area contributed by atoms with Gasteiger partial charge in [0.05, 0.1) is 11.4 Å². The van der Waals surface area contributed by atoms with E-state index in [0.29, 0.717) is 0 Å². The summed E-state index contributed by atoms with van der Waals surface area (Å²) in [7, 11) is 0. The van der Waals surface area contributed by atoms with Crippen molar-refractivity contribution in [1.82, 2.24) is 0 Å². The van der Waals surface area contributed by atoms with E-state index in [1.54, 1.807) is 0 Å². The highest BCUT2D eigenvalue weighted by Gasteiger charge is 2.38. The Bertz CT molecular complexity index is 2770. The molecule has 2 heteroatoms. The van der Waals surface area contributed by atoms with Crippen molar-refractivity contribution in [2.75, 3.05) is 4.90 Å². The molecular formula is C49H35NO. The Balaban J connectivity index is 1.22. The van der Waals surface area contributed by atoms with E-state index in [4.69, 9.17) is 4.42 Å². The molecular weight excluding hydrogens is 619 g/mol. The Hall–Kier alpha value is -6.38. The molecule has 0 fully saturated rings. The van der Waals surface area contributed by atoms with Crippen molar-refractivity contribution < 1.29 is 4.42 Å². The molecule has 0 saturated heterocycles. The van der Waals surface area contributed by atoms with Gasteiger partial charge in [-0.1, -0.05) is 153 Å². The third-order valence-corrected chi connectivity index (χ3v) is 10.9. The van der Waals surface area contributed by atoms with Gasteiger partial charge in [-0.15, -0.1) is 0 Å². The normalized spacial score (nSPS) is 13.1. The number of benzene rings is 8. The maximum absolute atomic E-state index is 6.44. The van der Waals surface area contributed by atoms with Gasteiger partial charge >= 0.3 is 0 Å². The summed E-state index contributed by atoms with van der Waals surface area (Å²) in [5.74, 6) is 0. The highest BCUT2D eigenvalue weighted by atomic mass is 16.3. The van der Waals surface area contributed by atoms with Crippen molar-refractivity contribution in [2.24, 2.45) is 0 Å². The summed E-state index contributed by atoms with van der Waals surface area (Å²) in [6, 6.07) is 63.6. The molecule has 1 aliphatic carbocycles. The lowest BCUT2D eigenvalue weighted by Crippen LogP contribution is -2.16. The zero-order valence-corrected chi connectivity index (χ0v) is 28.6. The SMILES string of the molecule is CC1(C)c2ccccc2-c2c(N(c3ccc(-c4c5ccccc5cc5oc6ccccc6c45)cc3)c3ccccc3-c3ccccc3)cccc21. The lowest BCUT2D eigenvalue weighted by atomic mass is 9.82. The van der Waals surface area contributed by atoms with Gasteiger partial charge in [0.25, 0.3) is 0 Å². The molecule has 1 aliphatic rings. The second-order valence-electron chi connectivity index (χ2n) is 14.1. The molecule has 9 aromatic rings. The number of anilines is 3. The minimum absolute atomic E-state index is 0.108. The summed E-state index contributed by atoms with van der Waals surface area (Å²) in [6.45, 7) is 4.70. The standard InChI is InChI=1S/C49H35NO/c1-49(2)40-22-11-8-20-38(40)47-41(49)23-14-25-43(47)50(42-24-12-9-18-36(42)32-15-4-3-5-16-32)35-29-27-33(28-30-35)46-37-19-7-6-17-34(37)31-45-48(46)39-21-10-13-26-44(39)51-45/h3-31H,1-2H3. The van der Waals surface area contributed by atoms with Gasteiger partial charge < -0.3 is 9.32 Å². The van der Waals surface area contributed by atoms with Crippen molar-refractivity contribution in [3.8, 4) is 33.4 Å². The summed E-state index contributed by atoms with van der Waals surface area (Å²) in [6.07, 6.45) is 0.